The number of unbranched alkanes of at least 4 members (excludes halogenated alkanes) is 1. The monoisotopic (exact) mass is 377 g/mol. The molecule has 0 spiro atoms. The predicted octanol–water partition coefficient (Wildman–Crippen LogP) is 3.41. The van der Waals surface area contributed by atoms with E-state index in [0.717, 1.165) is 42.0 Å². The van der Waals surface area contributed by atoms with Gasteiger partial charge >= 0.3 is 6.03 Å². The molecular formula is C20H23N7O. The number of benzene rings is 1. The van der Waals surface area contributed by atoms with E-state index in [1.807, 2.05) is 41.2 Å². The highest BCUT2D eigenvalue weighted by Gasteiger charge is 2.20. The molecular weight excluding hydrogens is 354 g/mol. The first-order valence-corrected chi connectivity index (χ1v) is 9.51. The van der Waals surface area contributed by atoms with Gasteiger partial charge in [-0.25, -0.2) is 14.8 Å². The largest absolute Gasteiger partial charge is 0.336 e. The molecule has 1 aromatic carbocycles. The summed E-state index contributed by atoms with van der Waals surface area (Å²) in [5, 5.41) is 10.4. The Morgan fingerprint density at radius 2 is 2.07 bits per heavy atom. The zero-order chi connectivity index (χ0) is 19.3. The fraction of sp³-hybridized carbons (Fsp3) is 0.300. The Morgan fingerprint density at radius 1 is 1.21 bits per heavy atom. The minimum absolute atomic E-state index is 0.0549. The normalized spacial score (nSPS) is 13.6. The molecule has 0 aliphatic carbocycles. The van der Waals surface area contributed by atoms with Gasteiger partial charge in [-0.2, -0.15) is 5.10 Å². The predicted molar refractivity (Wildman–Crippen MR) is 109 cm³/mol. The maximum absolute atomic E-state index is 11.8. The van der Waals surface area contributed by atoms with Gasteiger partial charge in [-0.3, -0.25) is 9.58 Å². The van der Waals surface area contributed by atoms with Crippen LogP contribution in [0.5, 0.6) is 0 Å². The van der Waals surface area contributed by atoms with Crippen LogP contribution in [0.1, 0.15) is 19.8 Å². The molecule has 2 amide bonds. The van der Waals surface area contributed by atoms with Crippen LogP contribution >= 0.6 is 0 Å². The molecule has 8 heteroatoms. The number of hydrogen-bond donors (Lipinski definition) is 2. The molecule has 1 fully saturated rings. The molecule has 0 saturated carbocycles. The molecule has 1 aliphatic heterocycles. The topological polar surface area (TPSA) is 88.0 Å². The molecule has 28 heavy (non-hydrogen) atoms. The molecule has 144 valence electrons. The van der Waals surface area contributed by atoms with Gasteiger partial charge in [-0.05, 0) is 24.6 Å². The summed E-state index contributed by atoms with van der Waals surface area (Å²) in [5.74, 6) is 0.524. The molecule has 3 aromatic rings. The third kappa shape index (κ3) is 3.95. The number of carbonyl (C=O) groups excluding carboxylic acids is 1. The highest BCUT2D eigenvalue weighted by atomic mass is 16.2. The third-order valence-corrected chi connectivity index (χ3v) is 4.62. The van der Waals surface area contributed by atoms with E-state index < -0.39 is 0 Å². The van der Waals surface area contributed by atoms with Gasteiger partial charge in [0, 0.05) is 43.3 Å². The lowest BCUT2D eigenvalue weighted by Crippen LogP contribution is -2.27. The quantitative estimate of drug-likeness (QED) is 0.659. The number of urea groups is 1. The minimum Gasteiger partial charge on any atom is -0.336 e. The SMILES string of the molecule is CCCCn1cc(Nc2nccc(-c3ccc(N4CCNC4=O)cc3)n2)cn1. The second-order valence-corrected chi connectivity index (χ2v) is 6.67. The third-order valence-electron chi connectivity index (χ3n) is 4.62. The number of hydrogen-bond acceptors (Lipinski definition) is 5. The van der Waals surface area contributed by atoms with Gasteiger partial charge in [0.15, 0.2) is 0 Å². The number of nitrogens with one attached hydrogen (secondary N) is 2. The van der Waals surface area contributed by atoms with Crippen molar-refractivity contribution in [2.75, 3.05) is 23.3 Å². The molecule has 4 rings (SSSR count). The lowest BCUT2D eigenvalue weighted by atomic mass is 10.1. The van der Waals surface area contributed by atoms with Crippen molar-refractivity contribution in [3.8, 4) is 11.3 Å². The average Bonchev–Trinajstić information content (AvgIpc) is 3.35. The summed E-state index contributed by atoms with van der Waals surface area (Å²) in [6.45, 7) is 4.43. The number of anilines is 3. The molecule has 1 aliphatic rings. The zero-order valence-electron chi connectivity index (χ0n) is 15.8. The van der Waals surface area contributed by atoms with Gasteiger partial charge in [-0.15, -0.1) is 0 Å². The van der Waals surface area contributed by atoms with Crippen LogP contribution < -0.4 is 15.5 Å². The first kappa shape index (κ1) is 18.0. The summed E-state index contributed by atoms with van der Waals surface area (Å²) in [6.07, 6.45) is 7.70. The van der Waals surface area contributed by atoms with Crippen molar-refractivity contribution in [3.63, 3.8) is 0 Å². The summed E-state index contributed by atoms with van der Waals surface area (Å²) in [6, 6.07) is 9.63. The average molecular weight is 377 g/mol. The molecule has 2 N–H and O–H groups in total. The van der Waals surface area contributed by atoms with E-state index in [1.54, 1.807) is 17.3 Å². The van der Waals surface area contributed by atoms with Crippen LogP contribution in [0.4, 0.5) is 22.1 Å². The summed E-state index contributed by atoms with van der Waals surface area (Å²) in [5.41, 5.74) is 3.52. The van der Waals surface area contributed by atoms with Crippen LogP contribution in [0.2, 0.25) is 0 Å². The molecule has 8 nitrogen and oxygen atoms in total. The lowest BCUT2D eigenvalue weighted by molar-refractivity contribution is 0.252. The standard InChI is InChI=1S/C20H23N7O/c1-2-3-11-26-14-16(13-23-26)24-19-21-9-8-18(25-19)15-4-6-17(7-5-15)27-12-10-22-20(27)28/h4-9,13-14H,2-3,10-12H2,1H3,(H,22,28)(H,21,24,25). The molecule has 0 unspecified atom stereocenters. The van der Waals surface area contributed by atoms with E-state index in [9.17, 15) is 4.79 Å². The van der Waals surface area contributed by atoms with Crippen LogP contribution in [-0.2, 0) is 6.54 Å². The molecule has 2 aromatic heterocycles. The molecule has 0 atom stereocenters. The van der Waals surface area contributed by atoms with Crippen molar-refractivity contribution in [1.29, 1.82) is 0 Å². The van der Waals surface area contributed by atoms with E-state index in [4.69, 9.17) is 0 Å². The van der Waals surface area contributed by atoms with E-state index in [0.29, 0.717) is 19.0 Å². The van der Waals surface area contributed by atoms with Crippen LogP contribution in [-0.4, -0.2) is 38.9 Å². The Hall–Kier alpha value is -3.42. The van der Waals surface area contributed by atoms with Crippen LogP contribution in [0.3, 0.4) is 0 Å². The van der Waals surface area contributed by atoms with Gasteiger partial charge in [0.2, 0.25) is 5.95 Å². The lowest BCUT2D eigenvalue weighted by Gasteiger charge is -2.14. The van der Waals surface area contributed by atoms with Crippen molar-refractivity contribution in [3.05, 3.63) is 48.9 Å². The number of carbonyl (C=O) groups is 1. The summed E-state index contributed by atoms with van der Waals surface area (Å²) in [7, 11) is 0. The van der Waals surface area contributed by atoms with Gasteiger partial charge in [0.05, 0.1) is 17.6 Å². The minimum atomic E-state index is -0.0549. The summed E-state index contributed by atoms with van der Waals surface area (Å²) < 4.78 is 1.92. The van der Waals surface area contributed by atoms with Crippen LogP contribution in [0.25, 0.3) is 11.3 Å². The highest BCUT2D eigenvalue weighted by molar-refractivity contribution is 5.94. The van der Waals surface area contributed by atoms with Crippen molar-refractivity contribution < 1.29 is 4.79 Å². The van der Waals surface area contributed by atoms with E-state index in [2.05, 4.69) is 32.6 Å². The number of amides is 2. The number of aromatic nitrogens is 4. The van der Waals surface area contributed by atoms with Crippen molar-refractivity contribution in [2.45, 2.75) is 26.3 Å². The van der Waals surface area contributed by atoms with Crippen molar-refractivity contribution in [2.24, 2.45) is 0 Å². The fourth-order valence-corrected chi connectivity index (χ4v) is 3.11. The Kier molecular flexibility index (Phi) is 5.18. The highest BCUT2D eigenvalue weighted by Crippen LogP contribution is 2.24. The Morgan fingerprint density at radius 3 is 2.82 bits per heavy atom. The van der Waals surface area contributed by atoms with Gasteiger partial charge in [0.25, 0.3) is 0 Å². The van der Waals surface area contributed by atoms with Crippen molar-refractivity contribution >= 4 is 23.4 Å². The van der Waals surface area contributed by atoms with Crippen LogP contribution in [0, 0.1) is 0 Å². The van der Waals surface area contributed by atoms with E-state index >= 15 is 0 Å². The van der Waals surface area contributed by atoms with E-state index in [-0.39, 0.29) is 6.03 Å². The molecule has 3 heterocycles. The second kappa shape index (κ2) is 8.08. The number of aryl methyl sites for hydroxylation is 1. The van der Waals surface area contributed by atoms with Gasteiger partial charge in [0.1, 0.15) is 0 Å². The zero-order valence-corrected chi connectivity index (χ0v) is 15.8. The van der Waals surface area contributed by atoms with Gasteiger partial charge in [-0.1, -0.05) is 25.5 Å². The maximum Gasteiger partial charge on any atom is 0.321 e. The smallest absolute Gasteiger partial charge is 0.321 e. The second-order valence-electron chi connectivity index (χ2n) is 6.67. The first-order valence-electron chi connectivity index (χ1n) is 9.51. The van der Waals surface area contributed by atoms with Gasteiger partial charge < -0.3 is 10.6 Å². The molecule has 0 bridgehead atoms. The Balaban J connectivity index is 1.47. The Bertz CT molecular complexity index is 951. The van der Waals surface area contributed by atoms with E-state index in [1.165, 1.54) is 0 Å². The fourth-order valence-electron chi connectivity index (χ4n) is 3.11. The van der Waals surface area contributed by atoms with Crippen LogP contribution in [0.15, 0.2) is 48.9 Å². The number of rotatable bonds is 7. The van der Waals surface area contributed by atoms with Crippen molar-refractivity contribution in [1.82, 2.24) is 25.1 Å². The Labute approximate surface area is 163 Å². The first-order chi connectivity index (χ1) is 13.7. The summed E-state index contributed by atoms with van der Waals surface area (Å²) in [4.78, 5) is 22.4. The maximum atomic E-state index is 11.8. The summed E-state index contributed by atoms with van der Waals surface area (Å²) >= 11 is 0. The molecule has 0 radical (unpaired) electrons. The number of nitrogens with zero attached hydrogens (tertiary/aromatic N) is 5. The molecule has 1 saturated heterocycles.